The molecule has 17 heavy (non-hydrogen) atoms. The molecule has 0 amide bonds. The number of nitrogens with one attached hydrogen (secondary N) is 1. The fourth-order valence-corrected chi connectivity index (χ4v) is 2.16. The zero-order chi connectivity index (χ0) is 12.3. The van der Waals surface area contributed by atoms with Crippen molar-refractivity contribution in [3.8, 4) is 5.75 Å². The van der Waals surface area contributed by atoms with Crippen LogP contribution in [-0.4, -0.2) is 12.1 Å². The highest BCUT2D eigenvalue weighted by atomic mass is 32.1. The molecule has 0 saturated carbocycles. The number of aromatic nitrogens is 1. The summed E-state index contributed by atoms with van der Waals surface area (Å²) in [6.07, 6.45) is 1.71. The first-order valence-corrected chi connectivity index (χ1v) is 6.08. The van der Waals surface area contributed by atoms with E-state index in [0.717, 1.165) is 5.13 Å². The number of methoxy groups -OCH3 is 1. The molecule has 2 aromatic rings. The molecule has 0 bridgehead atoms. The number of benzene rings is 1. The number of nitrogens with zero attached hydrogens (tertiary/aromatic N) is 1. The van der Waals surface area contributed by atoms with Crippen LogP contribution in [0.3, 0.4) is 0 Å². The maximum atomic E-state index is 13.8. The third-order valence-corrected chi connectivity index (χ3v) is 3.15. The quantitative estimate of drug-likeness (QED) is 0.904. The second kappa shape index (κ2) is 5.14. The number of anilines is 1. The first-order valence-electron chi connectivity index (χ1n) is 5.20. The molecule has 1 unspecified atom stereocenters. The predicted octanol–water partition coefficient (Wildman–Crippen LogP) is 3.46. The second-order valence-corrected chi connectivity index (χ2v) is 4.49. The number of thiazole rings is 1. The SMILES string of the molecule is COc1ccc(C(C)Nc2nccs2)c(F)c1. The topological polar surface area (TPSA) is 34.1 Å². The summed E-state index contributed by atoms with van der Waals surface area (Å²) in [4.78, 5) is 4.11. The van der Waals surface area contributed by atoms with Crippen molar-refractivity contribution < 1.29 is 9.13 Å². The molecule has 0 spiro atoms. The van der Waals surface area contributed by atoms with Gasteiger partial charge in [-0.1, -0.05) is 6.07 Å². The van der Waals surface area contributed by atoms with Crippen LogP contribution in [0.1, 0.15) is 18.5 Å². The summed E-state index contributed by atoms with van der Waals surface area (Å²) in [6, 6.07) is 4.72. The normalized spacial score (nSPS) is 12.2. The van der Waals surface area contributed by atoms with Crippen molar-refractivity contribution in [2.75, 3.05) is 12.4 Å². The van der Waals surface area contributed by atoms with Gasteiger partial charge in [0.15, 0.2) is 5.13 Å². The Morgan fingerprint density at radius 3 is 2.88 bits per heavy atom. The summed E-state index contributed by atoms with van der Waals surface area (Å²) in [7, 11) is 1.52. The molecule has 1 heterocycles. The van der Waals surface area contributed by atoms with Gasteiger partial charge in [-0.3, -0.25) is 0 Å². The largest absolute Gasteiger partial charge is 0.497 e. The van der Waals surface area contributed by atoms with Crippen LogP contribution in [0.5, 0.6) is 5.75 Å². The lowest BCUT2D eigenvalue weighted by molar-refractivity contribution is 0.410. The molecule has 0 saturated heterocycles. The van der Waals surface area contributed by atoms with Crippen molar-refractivity contribution in [3.05, 3.63) is 41.2 Å². The minimum absolute atomic E-state index is 0.132. The zero-order valence-electron chi connectivity index (χ0n) is 9.61. The first kappa shape index (κ1) is 11.9. The minimum Gasteiger partial charge on any atom is -0.497 e. The highest BCUT2D eigenvalue weighted by Gasteiger charge is 2.12. The first-order chi connectivity index (χ1) is 8.20. The molecule has 5 heteroatoms. The summed E-state index contributed by atoms with van der Waals surface area (Å²) < 4.78 is 18.7. The van der Waals surface area contributed by atoms with Crippen molar-refractivity contribution in [2.45, 2.75) is 13.0 Å². The van der Waals surface area contributed by atoms with Gasteiger partial charge in [0.2, 0.25) is 0 Å². The Kier molecular flexibility index (Phi) is 3.58. The van der Waals surface area contributed by atoms with E-state index in [-0.39, 0.29) is 11.9 Å². The predicted molar refractivity (Wildman–Crippen MR) is 67.1 cm³/mol. The molecule has 0 aliphatic carbocycles. The lowest BCUT2D eigenvalue weighted by Gasteiger charge is -2.14. The van der Waals surface area contributed by atoms with E-state index in [9.17, 15) is 4.39 Å². The molecule has 1 N–H and O–H groups in total. The maximum Gasteiger partial charge on any atom is 0.183 e. The van der Waals surface area contributed by atoms with Gasteiger partial charge in [0, 0.05) is 23.2 Å². The molecule has 0 aliphatic rings. The summed E-state index contributed by atoms with van der Waals surface area (Å²) in [5, 5.41) is 5.80. The Labute approximate surface area is 103 Å². The molecule has 3 nitrogen and oxygen atoms in total. The number of hydrogen-bond donors (Lipinski definition) is 1. The monoisotopic (exact) mass is 252 g/mol. The molecule has 0 radical (unpaired) electrons. The molecule has 2 rings (SSSR count). The summed E-state index contributed by atoms with van der Waals surface area (Å²) in [6.45, 7) is 1.90. The fraction of sp³-hybridized carbons (Fsp3) is 0.250. The third kappa shape index (κ3) is 2.74. The van der Waals surface area contributed by atoms with E-state index in [2.05, 4.69) is 10.3 Å². The average Bonchev–Trinajstić information content (AvgIpc) is 2.81. The lowest BCUT2D eigenvalue weighted by atomic mass is 10.1. The average molecular weight is 252 g/mol. The van der Waals surface area contributed by atoms with Gasteiger partial charge < -0.3 is 10.1 Å². The van der Waals surface area contributed by atoms with E-state index in [1.807, 2.05) is 12.3 Å². The van der Waals surface area contributed by atoms with Crippen LogP contribution < -0.4 is 10.1 Å². The highest BCUT2D eigenvalue weighted by Crippen LogP contribution is 2.25. The molecule has 1 atom stereocenters. The van der Waals surface area contributed by atoms with Crippen molar-refractivity contribution in [1.82, 2.24) is 4.98 Å². The minimum atomic E-state index is -0.277. The number of ether oxygens (including phenoxy) is 1. The van der Waals surface area contributed by atoms with Crippen molar-refractivity contribution in [1.29, 1.82) is 0 Å². The number of rotatable bonds is 4. The van der Waals surface area contributed by atoms with Gasteiger partial charge in [-0.05, 0) is 13.0 Å². The van der Waals surface area contributed by atoms with E-state index >= 15 is 0 Å². The standard InChI is InChI=1S/C12H13FN2OS/c1-8(15-12-14-5-6-17-12)10-4-3-9(16-2)7-11(10)13/h3-8H,1-2H3,(H,14,15). The Hall–Kier alpha value is -1.62. The van der Waals surface area contributed by atoms with Crippen LogP contribution in [0.4, 0.5) is 9.52 Å². The Balaban J connectivity index is 2.16. The second-order valence-electron chi connectivity index (χ2n) is 3.59. The van der Waals surface area contributed by atoms with Gasteiger partial charge in [0.05, 0.1) is 13.2 Å². The van der Waals surface area contributed by atoms with E-state index < -0.39 is 0 Å². The van der Waals surface area contributed by atoms with Gasteiger partial charge in [0.1, 0.15) is 11.6 Å². The van der Waals surface area contributed by atoms with Gasteiger partial charge in [-0.15, -0.1) is 11.3 Å². The van der Waals surface area contributed by atoms with Crippen LogP contribution in [0, 0.1) is 5.82 Å². The molecule has 90 valence electrons. The Morgan fingerprint density at radius 1 is 1.47 bits per heavy atom. The summed E-state index contributed by atoms with van der Waals surface area (Å²) >= 11 is 1.49. The van der Waals surface area contributed by atoms with Crippen LogP contribution in [-0.2, 0) is 0 Å². The number of halogens is 1. The molecular formula is C12H13FN2OS. The smallest absolute Gasteiger partial charge is 0.183 e. The van der Waals surface area contributed by atoms with Crippen LogP contribution in [0.2, 0.25) is 0 Å². The van der Waals surface area contributed by atoms with Crippen molar-refractivity contribution >= 4 is 16.5 Å². The van der Waals surface area contributed by atoms with Crippen LogP contribution >= 0.6 is 11.3 Å². The summed E-state index contributed by atoms with van der Waals surface area (Å²) in [5.41, 5.74) is 0.598. The van der Waals surface area contributed by atoms with Crippen LogP contribution in [0.15, 0.2) is 29.8 Å². The van der Waals surface area contributed by atoms with Gasteiger partial charge in [-0.2, -0.15) is 0 Å². The van der Waals surface area contributed by atoms with E-state index in [0.29, 0.717) is 11.3 Å². The zero-order valence-corrected chi connectivity index (χ0v) is 10.4. The highest BCUT2D eigenvalue weighted by molar-refractivity contribution is 7.13. The molecule has 0 fully saturated rings. The molecule has 1 aromatic carbocycles. The maximum absolute atomic E-state index is 13.8. The van der Waals surface area contributed by atoms with E-state index in [1.54, 1.807) is 18.3 Å². The Morgan fingerprint density at radius 2 is 2.29 bits per heavy atom. The van der Waals surface area contributed by atoms with Gasteiger partial charge in [0.25, 0.3) is 0 Å². The number of hydrogen-bond acceptors (Lipinski definition) is 4. The summed E-state index contributed by atoms with van der Waals surface area (Å²) in [5.74, 6) is 0.244. The third-order valence-electron chi connectivity index (χ3n) is 2.45. The lowest BCUT2D eigenvalue weighted by Crippen LogP contribution is -2.08. The van der Waals surface area contributed by atoms with E-state index in [1.165, 1.54) is 24.5 Å². The molecule has 0 aliphatic heterocycles. The van der Waals surface area contributed by atoms with Crippen molar-refractivity contribution in [3.63, 3.8) is 0 Å². The van der Waals surface area contributed by atoms with Gasteiger partial charge >= 0.3 is 0 Å². The van der Waals surface area contributed by atoms with Gasteiger partial charge in [-0.25, -0.2) is 9.37 Å². The fourth-order valence-electron chi connectivity index (χ4n) is 1.54. The van der Waals surface area contributed by atoms with Crippen molar-refractivity contribution in [2.24, 2.45) is 0 Å². The Bertz CT molecular complexity index is 487. The molecule has 1 aromatic heterocycles. The molecular weight excluding hydrogens is 239 g/mol. The van der Waals surface area contributed by atoms with Crippen LogP contribution in [0.25, 0.3) is 0 Å². The van der Waals surface area contributed by atoms with E-state index in [4.69, 9.17) is 4.74 Å².